The molecular weight excluding hydrogens is 294 g/mol. The number of alkyl halides is 3. The maximum Gasteiger partial charge on any atom is 0.523 e. The summed E-state index contributed by atoms with van der Waals surface area (Å²) < 4.78 is 53.0. The van der Waals surface area contributed by atoms with E-state index in [4.69, 9.17) is 4.84 Å². The monoisotopic (exact) mass is 307 g/mol. The molecule has 1 aromatic rings. The van der Waals surface area contributed by atoms with Crippen molar-refractivity contribution in [2.75, 3.05) is 6.61 Å². The standard InChI is InChI=1S/C13H13F4NO3/c1-8(21-13(15,16)17)12(19)18-11(6-7-20-18)9-2-4-10(14)5-3-9/h2-5,8,11H,6-7H2,1H3/t8?,11-/m0/s1. The Morgan fingerprint density at radius 3 is 2.57 bits per heavy atom. The Morgan fingerprint density at radius 1 is 1.38 bits per heavy atom. The maximum absolute atomic E-state index is 12.9. The lowest BCUT2D eigenvalue weighted by atomic mass is 10.0. The second-order valence-corrected chi connectivity index (χ2v) is 4.56. The molecule has 1 aliphatic rings. The summed E-state index contributed by atoms with van der Waals surface area (Å²) in [5.41, 5.74) is 0.585. The minimum atomic E-state index is -4.90. The Morgan fingerprint density at radius 2 is 2.00 bits per heavy atom. The van der Waals surface area contributed by atoms with Crippen LogP contribution in [0.25, 0.3) is 0 Å². The number of ether oxygens (including phenoxy) is 1. The molecule has 0 radical (unpaired) electrons. The van der Waals surface area contributed by atoms with Gasteiger partial charge < -0.3 is 0 Å². The van der Waals surface area contributed by atoms with Gasteiger partial charge in [0.15, 0.2) is 0 Å². The third-order valence-electron chi connectivity index (χ3n) is 3.03. The average molecular weight is 307 g/mol. The number of benzene rings is 1. The van der Waals surface area contributed by atoms with Crippen molar-refractivity contribution in [1.29, 1.82) is 0 Å². The smallest absolute Gasteiger partial charge is 0.279 e. The van der Waals surface area contributed by atoms with Crippen LogP contribution in [-0.4, -0.2) is 30.0 Å². The van der Waals surface area contributed by atoms with E-state index in [2.05, 4.69) is 4.74 Å². The lowest BCUT2D eigenvalue weighted by molar-refractivity contribution is -0.338. The number of rotatable bonds is 3. The van der Waals surface area contributed by atoms with E-state index in [0.29, 0.717) is 12.0 Å². The Bertz CT molecular complexity index is 503. The summed E-state index contributed by atoms with van der Waals surface area (Å²) in [5.74, 6) is -1.37. The van der Waals surface area contributed by atoms with Crippen LogP contribution in [0.4, 0.5) is 17.6 Å². The summed E-state index contributed by atoms with van der Waals surface area (Å²) in [7, 11) is 0. The van der Waals surface area contributed by atoms with E-state index in [1.54, 1.807) is 0 Å². The van der Waals surface area contributed by atoms with Crippen LogP contribution in [0.5, 0.6) is 0 Å². The first-order chi connectivity index (χ1) is 9.78. The highest BCUT2D eigenvalue weighted by molar-refractivity contribution is 5.80. The van der Waals surface area contributed by atoms with Gasteiger partial charge in [-0.25, -0.2) is 9.45 Å². The molecule has 2 rings (SSSR count). The molecule has 1 aliphatic heterocycles. The van der Waals surface area contributed by atoms with Crippen molar-refractivity contribution < 1.29 is 31.9 Å². The second-order valence-electron chi connectivity index (χ2n) is 4.56. The van der Waals surface area contributed by atoms with Crippen molar-refractivity contribution >= 4 is 5.91 Å². The molecule has 1 fully saturated rings. The zero-order valence-electron chi connectivity index (χ0n) is 11.1. The van der Waals surface area contributed by atoms with Crippen LogP contribution in [0.2, 0.25) is 0 Å². The summed E-state index contributed by atoms with van der Waals surface area (Å²) >= 11 is 0. The molecule has 1 unspecified atom stereocenters. The molecule has 116 valence electrons. The van der Waals surface area contributed by atoms with Crippen LogP contribution in [0.1, 0.15) is 24.9 Å². The number of halogens is 4. The van der Waals surface area contributed by atoms with E-state index in [-0.39, 0.29) is 6.61 Å². The Hall–Kier alpha value is -1.67. The van der Waals surface area contributed by atoms with E-state index in [1.807, 2.05) is 0 Å². The number of amides is 1. The Labute approximate surface area is 118 Å². The summed E-state index contributed by atoms with van der Waals surface area (Å²) in [6.07, 6.45) is -6.21. The molecular formula is C13H13F4NO3. The molecule has 2 atom stereocenters. The van der Waals surface area contributed by atoms with Gasteiger partial charge in [0.1, 0.15) is 11.9 Å². The van der Waals surface area contributed by atoms with Crippen molar-refractivity contribution in [2.45, 2.75) is 31.9 Å². The van der Waals surface area contributed by atoms with Crippen LogP contribution in [0, 0.1) is 5.82 Å². The zero-order chi connectivity index (χ0) is 15.6. The van der Waals surface area contributed by atoms with Gasteiger partial charge in [-0.2, -0.15) is 0 Å². The number of carbonyl (C=O) groups is 1. The van der Waals surface area contributed by atoms with Crippen LogP contribution in [0.15, 0.2) is 24.3 Å². The van der Waals surface area contributed by atoms with Gasteiger partial charge in [0.2, 0.25) is 0 Å². The minimum absolute atomic E-state index is 0.187. The molecule has 1 saturated heterocycles. The third-order valence-corrected chi connectivity index (χ3v) is 3.03. The fraction of sp³-hybridized carbons (Fsp3) is 0.462. The minimum Gasteiger partial charge on any atom is -0.279 e. The number of hydrogen-bond acceptors (Lipinski definition) is 3. The van der Waals surface area contributed by atoms with E-state index in [1.165, 1.54) is 24.3 Å². The van der Waals surface area contributed by atoms with Crippen molar-refractivity contribution in [3.8, 4) is 0 Å². The lowest BCUT2D eigenvalue weighted by Gasteiger charge is -2.26. The molecule has 21 heavy (non-hydrogen) atoms. The highest BCUT2D eigenvalue weighted by Crippen LogP contribution is 2.32. The van der Waals surface area contributed by atoms with Crippen LogP contribution < -0.4 is 0 Å². The molecule has 8 heteroatoms. The van der Waals surface area contributed by atoms with E-state index in [0.717, 1.165) is 12.0 Å². The maximum atomic E-state index is 12.9. The highest BCUT2D eigenvalue weighted by atomic mass is 19.4. The Kier molecular flexibility index (Phi) is 4.48. The van der Waals surface area contributed by atoms with Gasteiger partial charge in [0, 0.05) is 6.42 Å². The fourth-order valence-corrected chi connectivity index (χ4v) is 2.10. The predicted molar refractivity (Wildman–Crippen MR) is 63.2 cm³/mol. The molecule has 0 bridgehead atoms. The first-order valence-electron chi connectivity index (χ1n) is 6.24. The number of hydrogen-bond donors (Lipinski definition) is 0. The molecule has 0 saturated carbocycles. The molecule has 0 spiro atoms. The van der Waals surface area contributed by atoms with Crippen molar-refractivity contribution in [1.82, 2.24) is 5.06 Å². The zero-order valence-corrected chi connectivity index (χ0v) is 11.1. The van der Waals surface area contributed by atoms with E-state index >= 15 is 0 Å². The number of carbonyl (C=O) groups excluding carboxylic acids is 1. The van der Waals surface area contributed by atoms with Crippen LogP contribution in [0.3, 0.4) is 0 Å². The Balaban J connectivity index is 2.11. The highest BCUT2D eigenvalue weighted by Gasteiger charge is 2.40. The fourth-order valence-electron chi connectivity index (χ4n) is 2.10. The largest absolute Gasteiger partial charge is 0.523 e. The summed E-state index contributed by atoms with van der Waals surface area (Å²) in [5, 5.41) is 0.865. The third kappa shape index (κ3) is 3.92. The van der Waals surface area contributed by atoms with E-state index < -0.39 is 30.2 Å². The molecule has 0 N–H and O–H groups in total. The van der Waals surface area contributed by atoms with Gasteiger partial charge >= 0.3 is 6.36 Å². The topological polar surface area (TPSA) is 38.8 Å². The quantitative estimate of drug-likeness (QED) is 0.806. The average Bonchev–Trinajstić information content (AvgIpc) is 2.85. The number of nitrogens with zero attached hydrogens (tertiary/aromatic N) is 1. The van der Waals surface area contributed by atoms with Gasteiger partial charge in [-0.1, -0.05) is 12.1 Å². The summed E-state index contributed by atoms with van der Waals surface area (Å²) in [6, 6.07) is 4.80. The van der Waals surface area contributed by atoms with Gasteiger partial charge in [-0.05, 0) is 24.6 Å². The first-order valence-corrected chi connectivity index (χ1v) is 6.24. The van der Waals surface area contributed by atoms with Gasteiger partial charge in [0.25, 0.3) is 5.91 Å². The molecule has 1 amide bonds. The van der Waals surface area contributed by atoms with Gasteiger partial charge in [0.05, 0.1) is 12.6 Å². The summed E-state index contributed by atoms with van der Waals surface area (Å²) in [4.78, 5) is 17.1. The molecule has 1 aromatic carbocycles. The first kappa shape index (κ1) is 15.7. The van der Waals surface area contributed by atoms with Crippen LogP contribution in [-0.2, 0) is 14.4 Å². The normalized spacial score (nSPS) is 20.6. The van der Waals surface area contributed by atoms with E-state index in [9.17, 15) is 22.4 Å². The number of hydroxylamine groups is 2. The SMILES string of the molecule is CC(OC(F)(F)F)C(=O)N1OCC[C@H]1c1ccc(F)cc1. The molecule has 1 heterocycles. The predicted octanol–water partition coefficient (Wildman–Crippen LogP) is 2.96. The molecule has 4 nitrogen and oxygen atoms in total. The molecule has 0 aromatic heterocycles. The lowest BCUT2D eigenvalue weighted by Crippen LogP contribution is -2.40. The van der Waals surface area contributed by atoms with Gasteiger partial charge in [-0.3, -0.25) is 14.4 Å². The van der Waals surface area contributed by atoms with Crippen LogP contribution >= 0.6 is 0 Å². The van der Waals surface area contributed by atoms with Crippen molar-refractivity contribution in [3.63, 3.8) is 0 Å². The van der Waals surface area contributed by atoms with Crippen molar-refractivity contribution in [3.05, 3.63) is 35.6 Å². The van der Waals surface area contributed by atoms with Crippen molar-refractivity contribution in [2.24, 2.45) is 0 Å². The van der Waals surface area contributed by atoms with Gasteiger partial charge in [-0.15, -0.1) is 13.2 Å². The molecule has 0 aliphatic carbocycles. The summed E-state index contributed by atoms with van der Waals surface area (Å²) in [6.45, 7) is 1.19. The second kappa shape index (κ2) is 5.98.